The van der Waals surface area contributed by atoms with Gasteiger partial charge in [-0.1, -0.05) is 24.6 Å². The van der Waals surface area contributed by atoms with Crippen molar-refractivity contribution in [1.29, 1.82) is 0 Å². The summed E-state index contributed by atoms with van der Waals surface area (Å²) < 4.78 is 13.3. The van der Waals surface area contributed by atoms with Gasteiger partial charge in [-0.3, -0.25) is 4.79 Å². The highest BCUT2D eigenvalue weighted by atomic mass is 35.5. The number of benzene rings is 1. The van der Waals surface area contributed by atoms with Crippen LogP contribution in [0.25, 0.3) is 0 Å². The minimum atomic E-state index is -1.04. The largest absolute Gasteiger partial charge is 0.385 e. The van der Waals surface area contributed by atoms with Gasteiger partial charge in [0.2, 0.25) is 0 Å². The molecule has 1 unspecified atom stereocenters. The lowest BCUT2D eigenvalue weighted by Crippen LogP contribution is -2.21. The SMILES string of the molecule is CCC(O)C(=O)Cc1c(F)cccc1Cl. The fraction of sp³-hybridized carbons (Fsp3) is 0.364. The van der Waals surface area contributed by atoms with Crippen molar-refractivity contribution < 1.29 is 14.3 Å². The highest BCUT2D eigenvalue weighted by Gasteiger charge is 2.17. The van der Waals surface area contributed by atoms with Gasteiger partial charge in [0.05, 0.1) is 0 Å². The summed E-state index contributed by atoms with van der Waals surface area (Å²) in [6, 6.07) is 4.24. The molecular formula is C11H12ClFO2. The number of hydrogen-bond acceptors (Lipinski definition) is 2. The second-order valence-electron chi connectivity index (χ2n) is 3.27. The van der Waals surface area contributed by atoms with Crippen molar-refractivity contribution in [3.63, 3.8) is 0 Å². The van der Waals surface area contributed by atoms with E-state index in [2.05, 4.69) is 0 Å². The Hall–Kier alpha value is -0.930. The van der Waals surface area contributed by atoms with Gasteiger partial charge in [0.1, 0.15) is 11.9 Å². The molecule has 0 spiro atoms. The zero-order valence-electron chi connectivity index (χ0n) is 8.34. The van der Waals surface area contributed by atoms with Crippen molar-refractivity contribution in [2.45, 2.75) is 25.9 Å². The molecule has 0 aromatic heterocycles. The summed E-state index contributed by atoms with van der Waals surface area (Å²) in [5, 5.41) is 9.47. The number of aliphatic hydroxyl groups is 1. The van der Waals surface area contributed by atoms with E-state index in [4.69, 9.17) is 11.6 Å². The molecule has 15 heavy (non-hydrogen) atoms. The number of ketones is 1. The molecule has 1 aromatic rings. The summed E-state index contributed by atoms with van der Waals surface area (Å²) >= 11 is 5.75. The molecule has 0 aliphatic heterocycles. The first-order chi connectivity index (χ1) is 7.06. The van der Waals surface area contributed by atoms with Crippen LogP contribution in [0.15, 0.2) is 18.2 Å². The lowest BCUT2D eigenvalue weighted by atomic mass is 10.0. The highest BCUT2D eigenvalue weighted by Crippen LogP contribution is 2.20. The summed E-state index contributed by atoms with van der Waals surface area (Å²) in [6.45, 7) is 1.69. The van der Waals surface area contributed by atoms with Crippen LogP contribution in [0, 0.1) is 5.82 Å². The van der Waals surface area contributed by atoms with Crippen LogP contribution in [-0.4, -0.2) is 17.0 Å². The van der Waals surface area contributed by atoms with Gasteiger partial charge in [-0.05, 0) is 18.6 Å². The Bertz CT molecular complexity index is 345. The minimum Gasteiger partial charge on any atom is -0.385 e. The summed E-state index contributed by atoms with van der Waals surface area (Å²) in [5.41, 5.74) is 0.150. The second-order valence-corrected chi connectivity index (χ2v) is 3.67. The van der Waals surface area contributed by atoms with Gasteiger partial charge in [-0.25, -0.2) is 4.39 Å². The molecule has 0 saturated carbocycles. The lowest BCUT2D eigenvalue weighted by molar-refractivity contribution is -0.126. The Kier molecular flexibility index (Phi) is 4.24. The van der Waals surface area contributed by atoms with Crippen LogP contribution in [0.1, 0.15) is 18.9 Å². The molecule has 0 fully saturated rings. The van der Waals surface area contributed by atoms with Crippen LogP contribution in [0.2, 0.25) is 5.02 Å². The van der Waals surface area contributed by atoms with Crippen molar-refractivity contribution in [3.8, 4) is 0 Å². The van der Waals surface area contributed by atoms with Gasteiger partial charge in [0.15, 0.2) is 5.78 Å². The maximum atomic E-state index is 13.3. The number of halogens is 2. The zero-order valence-corrected chi connectivity index (χ0v) is 9.09. The first kappa shape index (κ1) is 12.1. The Morgan fingerprint density at radius 2 is 2.27 bits per heavy atom. The van der Waals surface area contributed by atoms with E-state index in [1.165, 1.54) is 18.2 Å². The third-order valence-electron chi connectivity index (χ3n) is 2.17. The smallest absolute Gasteiger partial charge is 0.165 e. The average Bonchev–Trinajstić information content (AvgIpc) is 2.22. The number of hydrogen-bond donors (Lipinski definition) is 1. The third kappa shape index (κ3) is 3.01. The molecule has 4 heteroatoms. The van der Waals surface area contributed by atoms with Crippen LogP contribution < -0.4 is 0 Å². The number of aliphatic hydroxyl groups excluding tert-OH is 1. The standard InChI is InChI=1S/C11H12ClFO2/c1-2-10(14)11(15)6-7-8(12)4-3-5-9(7)13/h3-5,10,14H,2,6H2,1H3. The van der Waals surface area contributed by atoms with Crippen molar-refractivity contribution in [2.24, 2.45) is 0 Å². The molecule has 0 heterocycles. The molecule has 0 amide bonds. The van der Waals surface area contributed by atoms with Gasteiger partial charge in [-0.15, -0.1) is 0 Å². The number of rotatable bonds is 4. The normalized spacial score (nSPS) is 12.5. The Morgan fingerprint density at radius 1 is 1.60 bits per heavy atom. The van der Waals surface area contributed by atoms with E-state index in [1.54, 1.807) is 6.92 Å². The van der Waals surface area contributed by atoms with E-state index in [1.807, 2.05) is 0 Å². The van der Waals surface area contributed by atoms with Crippen LogP contribution in [0.3, 0.4) is 0 Å². The minimum absolute atomic E-state index is 0.150. The molecule has 1 N–H and O–H groups in total. The van der Waals surface area contributed by atoms with E-state index >= 15 is 0 Å². The maximum Gasteiger partial charge on any atom is 0.165 e. The molecule has 1 aromatic carbocycles. The lowest BCUT2D eigenvalue weighted by Gasteiger charge is -2.08. The van der Waals surface area contributed by atoms with Crippen molar-refractivity contribution in [2.75, 3.05) is 0 Å². The highest BCUT2D eigenvalue weighted by molar-refractivity contribution is 6.31. The fourth-order valence-electron chi connectivity index (χ4n) is 1.22. The monoisotopic (exact) mass is 230 g/mol. The average molecular weight is 231 g/mol. The summed E-state index contributed by atoms with van der Waals surface area (Å²) in [5.74, 6) is -0.927. The van der Waals surface area contributed by atoms with Crippen LogP contribution in [-0.2, 0) is 11.2 Å². The van der Waals surface area contributed by atoms with Gasteiger partial charge in [-0.2, -0.15) is 0 Å². The van der Waals surface area contributed by atoms with E-state index in [0.717, 1.165) is 0 Å². The molecule has 1 rings (SSSR count). The maximum absolute atomic E-state index is 13.3. The molecule has 0 radical (unpaired) electrons. The van der Waals surface area contributed by atoms with Gasteiger partial charge in [0, 0.05) is 17.0 Å². The van der Waals surface area contributed by atoms with Crippen molar-refractivity contribution in [3.05, 3.63) is 34.6 Å². The third-order valence-corrected chi connectivity index (χ3v) is 2.53. The van der Waals surface area contributed by atoms with E-state index in [0.29, 0.717) is 6.42 Å². The Labute approximate surface area is 92.7 Å². The number of Topliss-reactive ketones (excluding diaryl/α,β-unsaturated/α-hetero) is 1. The van der Waals surface area contributed by atoms with E-state index < -0.39 is 17.7 Å². The van der Waals surface area contributed by atoms with Crippen LogP contribution in [0.4, 0.5) is 4.39 Å². The van der Waals surface area contributed by atoms with Crippen LogP contribution >= 0.6 is 11.6 Å². The second kappa shape index (κ2) is 5.24. The molecule has 0 bridgehead atoms. The molecule has 0 aliphatic rings. The number of carbonyl (C=O) groups excluding carboxylic acids is 1. The predicted molar refractivity (Wildman–Crippen MR) is 56.4 cm³/mol. The molecule has 82 valence electrons. The fourth-order valence-corrected chi connectivity index (χ4v) is 1.45. The molecular weight excluding hydrogens is 219 g/mol. The summed E-state index contributed by atoms with van der Waals surface area (Å²) in [6.07, 6.45) is -0.883. The van der Waals surface area contributed by atoms with E-state index in [9.17, 15) is 14.3 Å². The van der Waals surface area contributed by atoms with Gasteiger partial charge in [0.25, 0.3) is 0 Å². The molecule has 0 aliphatic carbocycles. The first-order valence-corrected chi connectivity index (χ1v) is 5.07. The van der Waals surface area contributed by atoms with Gasteiger partial charge >= 0.3 is 0 Å². The van der Waals surface area contributed by atoms with Crippen molar-refractivity contribution >= 4 is 17.4 Å². The Balaban J connectivity index is 2.85. The molecule has 0 saturated heterocycles. The van der Waals surface area contributed by atoms with Crippen molar-refractivity contribution in [1.82, 2.24) is 0 Å². The quantitative estimate of drug-likeness (QED) is 0.862. The Morgan fingerprint density at radius 3 is 2.80 bits per heavy atom. The molecule has 1 atom stereocenters. The van der Waals surface area contributed by atoms with Gasteiger partial charge < -0.3 is 5.11 Å². The summed E-state index contributed by atoms with van der Waals surface area (Å²) in [4.78, 5) is 11.4. The van der Waals surface area contributed by atoms with Crippen LogP contribution in [0.5, 0.6) is 0 Å². The summed E-state index contributed by atoms with van der Waals surface area (Å²) in [7, 11) is 0. The number of carbonyl (C=O) groups is 1. The molecule has 2 nitrogen and oxygen atoms in total. The topological polar surface area (TPSA) is 37.3 Å². The first-order valence-electron chi connectivity index (χ1n) is 4.70. The van der Waals surface area contributed by atoms with E-state index in [-0.39, 0.29) is 17.0 Å². The zero-order chi connectivity index (χ0) is 11.4. The predicted octanol–water partition coefficient (Wildman–Crippen LogP) is 2.36.